The van der Waals surface area contributed by atoms with Crippen LogP contribution in [0, 0.1) is 6.92 Å². The smallest absolute Gasteiger partial charge is 0.340 e. The molecule has 0 atom stereocenters. The van der Waals surface area contributed by atoms with E-state index in [4.69, 9.17) is 10.5 Å². The summed E-state index contributed by atoms with van der Waals surface area (Å²) in [6.07, 6.45) is 0. The SMILES string of the molecule is Cc1ccc(N)cc1Oc1nnnn1C. The average Bonchev–Trinajstić information content (AvgIpc) is 2.58. The van der Waals surface area contributed by atoms with E-state index in [0.717, 1.165) is 5.56 Å². The molecule has 15 heavy (non-hydrogen) atoms. The first kappa shape index (κ1) is 9.45. The minimum atomic E-state index is 0.337. The number of hydrogen-bond donors (Lipinski definition) is 1. The highest BCUT2D eigenvalue weighted by molar-refractivity contribution is 5.48. The average molecular weight is 205 g/mol. The van der Waals surface area contributed by atoms with Crippen LogP contribution in [0.1, 0.15) is 5.56 Å². The largest absolute Gasteiger partial charge is 0.423 e. The number of nitrogen functional groups attached to an aromatic ring is 1. The molecule has 0 spiro atoms. The number of tetrazole rings is 1. The van der Waals surface area contributed by atoms with Gasteiger partial charge < -0.3 is 10.5 Å². The summed E-state index contributed by atoms with van der Waals surface area (Å²) in [5.74, 6) is 0.660. The molecule has 0 saturated carbocycles. The fraction of sp³-hybridized carbons (Fsp3) is 0.222. The highest BCUT2D eigenvalue weighted by Gasteiger charge is 2.07. The van der Waals surface area contributed by atoms with E-state index in [1.54, 1.807) is 13.1 Å². The molecule has 0 aliphatic rings. The molecule has 0 amide bonds. The summed E-state index contributed by atoms with van der Waals surface area (Å²) in [5.41, 5.74) is 7.28. The third-order valence-corrected chi connectivity index (χ3v) is 1.99. The number of aromatic nitrogens is 4. The predicted octanol–water partition coefficient (Wildman–Crippen LogP) is 0.893. The van der Waals surface area contributed by atoms with E-state index < -0.39 is 0 Å². The van der Waals surface area contributed by atoms with Crippen LogP contribution in [-0.4, -0.2) is 20.2 Å². The molecule has 0 saturated heterocycles. The first-order valence-corrected chi connectivity index (χ1v) is 4.43. The molecule has 2 N–H and O–H groups in total. The van der Waals surface area contributed by atoms with Crippen LogP contribution in [0.4, 0.5) is 5.69 Å². The van der Waals surface area contributed by atoms with Gasteiger partial charge in [-0.1, -0.05) is 11.2 Å². The third-order valence-electron chi connectivity index (χ3n) is 1.99. The molecule has 1 aromatic heterocycles. The quantitative estimate of drug-likeness (QED) is 0.736. The molecule has 1 aromatic carbocycles. The van der Waals surface area contributed by atoms with E-state index in [1.807, 2.05) is 19.1 Å². The van der Waals surface area contributed by atoms with E-state index >= 15 is 0 Å². The Morgan fingerprint density at radius 1 is 1.40 bits per heavy atom. The van der Waals surface area contributed by atoms with Gasteiger partial charge in [-0.2, -0.15) is 4.68 Å². The Bertz CT molecular complexity index is 479. The van der Waals surface area contributed by atoms with Crippen LogP contribution in [0.15, 0.2) is 18.2 Å². The maximum absolute atomic E-state index is 5.66. The summed E-state index contributed by atoms with van der Waals surface area (Å²) >= 11 is 0. The molecule has 0 unspecified atom stereocenters. The standard InChI is InChI=1S/C9H11N5O/c1-6-3-4-7(10)5-8(6)15-9-11-12-13-14(9)2/h3-5H,10H2,1-2H3. The van der Waals surface area contributed by atoms with Crippen molar-refractivity contribution < 1.29 is 4.74 Å². The van der Waals surface area contributed by atoms with Crippen LogP contribution in [0.2, 0.25) is 0 Å². The van der Waals surface area contributed by atoms with Crippen molar-refractivity contribution in [3.8, 4) is 11.8 Å². The molecule has 2 aromatic rings. The van der Waals surface area contributed by atoms with E-state index in [2.05, 4.69) is 15.5 Å². The Kier molecular flexibility index (Phi) is 2.24. The lowest BCUT2D eigenvalue weighted by Gasteiger charge is -2.06. The summed E-state index contributed by atoms with van der Waals surface area (Å²) in [4.78, 5) is 0. The topological polar surface area (TPSA) is 78.8 Å². The number of benzene rings is 1. The first-order valence-electron chi connectivity index (χ1n) is 4.43. The summed E-state index contributed by atoms with van der Waals surface area (Å²) in [5, 5.41) is 10.9. The second-order valence-electron chi connectivity index (χ2n) is 3.21. The Morgan fingerprint density at radius 2 is 2.20 bits per heavy atom. The Balaban J connectivity index is 2.32. The van der Waals surface area contributed by atoms with Gasteiger partial charge >= 0.3 is 6.01 Å². The highest BCUT2D eigenvalue weighted by atomic mass is 16.5. The number of ether oxygens (including phenoxy) is 1. The zero-order valence-electron chi connectivity index (χ0n) is 8.51. The van der Waals surface area contributed by atoms with Gasteiger partial charge in [-0.15, -0.1) is 0 Å². The monoisotopic (exact) mass is 205 g/mol. The number of rotatable bonds is 2. The van der Waals surface area contributed by atoms with Gasteiger partial charge in [-0.3, -0.25) is 0 Å². The molecule has 1 heterocycles. The molecule has 0 bridgehead atoms. The van der Waals surface area contributed by atoms with Crippen molar-refractivity contribution >= 4 is 5.69 Å². The van der Waals surface area contributed by atoms with Crippen molar-refractivity contribution in [3.05, 3.63) is 23.8 Å². The second-order valence-corrected chi connectivity index (χ2v) is 3.21. The minimum Gasteiger partial charge on any atom is -0.423 e. The minimum absolute atomic E-state index is 0.337. The van der Waals surface area contributed by atoms with Gasteiger partial charge in [0.15, 0.2) is 0 Å². The van der Waals surface area contributed by atoms with Crippen LogP contribution >= 0.6 is 0 Å². The molecule has 6 heteroatoms. The van der Waals surface area contributed by atoms with Crippen LogP contribution in [0.25, 0.3) is 0 Å². The van der Waals surface area contributed by atoms with E-state index in [-0.39, 0.29) is 0 Å². The summed E-state index contributed by atoms with van der Waals surface area (Å²) in [7, 11) is 1.71. The molecular formula is C9H11N5O. The molecule has 2 rings (SSSR count). The van der Waals surface area contributed by atoms with Crippen LogP contribution in [0.5, 0.6) is 11.8 Å². The molecule has 0 aliphatic heterocycles. The van der Waals surface area contributed by atoms with Crippen molar-refractivity contribution in [2.45, 2.75) is 6.92 Å². The van der Waals surface area contributed by atoms with Crippen molar-refractivity contribution in [1.82, 2.24) is 20.2 Å². The van der Waals surface area contributed by atoms with Crippen LogP contribution in [0.3, 0.4) is 0 Å². The molecule has 0 fully saturated rings. The molecule has 0 aliphatic carbocycles. The normalized spacial score (nSPS) is 10.3. The molecule has 0 radical (unpaired) electrons. The van der Waals surface area contributed by atoms with E-state index in [9.17, 15) is 0 Å². The second kappa shape index (κ2) is 3.56. The van der Waals surface area contributed by atoms with Crippen molar-refractivity contribution in [3.63, 3.8) is 0 Å². The number of hydrogen-bond acceptors (Lipinski definition) is 5. The van der Waals surface area contributed by atoms with Gasteiger partial charge in [0.25, 0.3) is 0 Å². The Labute approximate surface area is 86.7 Å². The maximum atomic E-state index is 5.66. The highest BCUT2D eigenvalue weighted by Crippen LogP contribution is 2.24. The summed E-state index contributed by atoms with van der Waals surface area (Å²) < 4.78 is 6.95. The Morgan fingerprint density at radius 3 is 2.87 bits per heavy atom. The van der Waals surface area contributed by atoms with Crippen molar-refractivity contribution in [1.29, 1.82) is 0 Å². The summed E-state index contributed by atoms with van der Waals surface area (Å²) in [6.45, 7) is 1.93. The van der Waals surface area contributed by atoms with Gasteiger partial charge in [0.05, 0.1) is 0 Å². The van der Waals surface area contributed by atoms with Gasteiger partial charge in [-0.05, 0) is 29.0 Å². The predicted molar refractivity (Wildman–Crippen MR) is 54.5 cm³/mol. The molecular weight excluding hydrogens is 194 g/mol. The third kappa shape index (κ3) is 1.88. The van der Waals surface area contributed by atoms with E-state index in [0.29, 0.717) is 17.4 Å². The zero-order chi connectivity index (χ0) is 10.8. The van der Waals surface area contributed by atoms with Crippen LogP contribution < -0.4 is 10.5 Å². The lowest BCUT2D eigenvalue weighted by molar-refractivity contribution is 0.412. The number of nitrogens with two attached hydrogens (primary N) is 1. The first-order chi connectivity index (χ1) is 7.16. The Hall–Kier alpha value is -2.11. The lowest BCUT2D eigenvalue weighted by Crippen LogP contribution is -1.97. The maximum Gasteiger partial charge on any atom is 0.340 e. The lowest BCUT2D eigenvalue weighted by atomic mass is 10.2. The molecule has 78 valence electrons. The van der Waals surface area contributed by atoms with E-state index in [1.165, 1.54) is 4.68 Å². The number of anilines is 1. The number of aryl methyl sites for hydroxylation is 2. The van der Waals surface area contributed by atoms with Gasteiger partial charge in [0, 0.05) is 18.8 Å². The van der Waals surface area contributed by atoms with Crippen molar-refractivity contribution in [2.75, 3.05) is 5.73 Å². The summed E-state index contributed by atoms with van der Waals surface area (Å²) in [6, 6.07) is 5.78. The van der Waals surface area contributed by atoms with Crippen molar-refractivity contribution in [2.24, 2.45) is 7.05 Å². The number of nitrogens with zero attached hydrogens (tertiary/aromatic N) is 4. The fourth-order valence-corrected chi connectivity index (χ4v) is 1.13. The van der Waals surface area contributed by atoms with Gasteiger partial charge in [0.2, 0.25) is 0 Å². The van der Waals surface area contributed by atoms with Crippen LogP contribution in [-0.2, 0) is 7.05 Å². The molecule has 6 nitrogen and oxygen atoms in total. The van der Waals surface area contributed by atoms with Gasteiger partial charge in [-0.25, -0.2) is 0 Å². The fourth-order valence-electron chi connectivity index (χ4n) is 1.13. The van der Waals surface area contributed by atoms with Gasteiger partial charge in [0.1, 0.15) is 5.75 Å². The zero-order valence-corrected chi connectivity index (χ0v) is 8.51.